The highest BCUT2D eigenvalue weighted by Crippen LogP contribution is 2.13. The summed E-state index contributed by atoms with van der Waals surface area (Å²) in [5.74, 6) is 1.35. The quantitative estimate of drug-likeness (QED) is 0.452. The average Bonchev–Trinajstić information content (AvgIpc) is 2.32. The van der Waals surface area contributed by atoms with Gasteiger partial charge in [-0.1, -0.05) is 12.1 Å². The van der Waals surface area contributed by atoms with Crippen molar-refractivity contribution >= 4 is 17.6 Å². The summed E-state index contributed by atoms with van der Waals surface area (Å²) in [5, 5.41) is 7.42. The maximum Gasteiger partial charge on any atom is 0.122 e. The van der Waals surface area contributed by atoms with Gasteiger partial charge in [-0.3, -0.25) is 5.41 Å². The molecular formula is C14H23N3S. The zero-order valence-corrected chi connectivity index (χ0v) is 12.3. The minimum atomic E-state index is 0.137. The SMILES string of the molecule is CSCCCN(C)Cc1ccc(C(=N)N)cc1C. The van der Waals surface area contributed by atoms with Gasteiger partial charge in [0.25, 0.3) is 0 Å². The highest BCUT2D eigenvalue weighted by molar-refractivity contribution is 7.98. The Kier molecular flexibility index (Phi) is 6.22. The van der Waals surface area contributed by atoms with Crippen LogP contribution in [0, 0.1) is 12.3 Å². The van der Waals surface area contributed by atoms with Crippen molar-refractivity contribution in [1.82, 2.24) is 4.90 Å². The Morgan fingerprint density at radius 1 is 1.44 bits per heavy atom. The lowest BCUT2D eigenvalue weighted by atomic mass is 10.0. The summed E-state index contributed by atoms with van der Waals surface area (Å²) in [4.78, 5) is 2.34. The highest BCUT2D eigenvalue weighted by atomic mass is 32.2. The van der Waals surface area contributed by atoms with Crippen molar-refractivity contribution in [3.63, 3.8) is 0 Å². The molecule has 0 aromatic heterocycles. The second-order valence-electron chi connectivity index (χ2n) is 4.64. The summed E-state index contributed by atoms with van der Waals surface area (Å²) in [6, 6.07) is 6.00. The number of rotatable bonds is 7. The molecule has 0 atom stereocenters. The summed E-state index contributed by atoms with van der Waals surface area (Å²) in [7, 11) is 2.15. The Bertz CT molecular complexity index is 404. The Morgan fingerprint density at radius 3 is 2.72 bits per heavy atom. The van der Waals surface area contributed by atoms with E-state index in [1.54, 1.807) is 0 Å². The van der Waals surface area contributed by atoms with E-state index in [1.165, 1.54) is 23.3 Å². The monoisotopic (exact) mass is 265 g/mol. The minimum Gasteiger partial charge on any atom is -0.384 e. The van der Waals surface area contributed by atoms with Crippen molar-refractivity contribution in [1.29, 1.82) is 5.41 Å². The molecule has 0 aliphatic heterocycles. The van der Waals surface area contributed by atoms with Crippen molar-refractivity contribution in [3.8, 4) is 0 Å². The van der Waals surface area contributed by atoms with Crippen molar-refractivity contribution in [3.05, 3.63) is 34.9 Å². The van der Waals surface area contributed by atoms with Gasteiger partial charge < -0.3 is 10.6 Å². The van der Waals surface area contributed by atoms with E-state index in [1.807, 2.05) is 23.9 Å². The van der Waals surface area contributed by atoms with Crippen molar-refractivity contribution in [2.75, 3.05) is 25.6 Å². The molecule has 0 aliphatic rings. The summed E-state index contributed by atoms with van der Waals surface area (Å²) < 4.78 is 0. The average molecular weight is 265 g/mol. The van der Waals surface area contributed by atoms with Crippen LogP contribution < -0.4 is 5.73 Å². The summed E-state index contributed by atoms with van der Waals surface area (Å²) >= 11 is 1.89. The van der Waals surface area contributed by atoms with E-state index in [-0.39, 0.29) is 5.84 Å². The number of amidine groups is 1. The first kappa shape index (κ1) is 15.1. The fraction of sp³-hybridized carbons (Fsp3) is 0.500. The first-order valence-corrected chi connectivity index (χ1v) is 7.55. The number of hydrogen-bond donors (Lipinski definition) is 2. The van der Waals surface area contributed by atoms with E-state index in [0.717, 1.165) is 18.7 Å². The number of aryl methyl sites for hydroxylation is 1. The van der Waals surface area contributed by atoms with Gasteiger partial charge in [-0.05, 0) is 56.1 Å². The molecule has 3 nitrogen and oxygen atoms in total. The second-order valence-corrected chi connectivity index (χ2v) is 5.62. The molecule has 0 spiro atoms. The van der Waals surface area contributed by atoms with Crippen molar-refractivity contribution in [2.24, 2.45) is 5.73 Å². The van der Waals surface area contributed by atoms with E-state index >= 15 is 0 Å². The zero-order chi connectivity index (χ0) is 13.5. The Morgan fingerprint density at radius 2 is 2.17 bits per heavy atom. The Labute approximate surface area is 114 Å². The zero-order valence-electron chi connectivity index (χ0n) is 11.5. The third-order valence-corrected chi connectivity index (χ3v) is 3.68. The van der Waals surface area contributed by atoms with Gasteiger partial charge in [-0.15, -0.1) is 0 Å². The summed E-state index contributed by atoms with van der Waals surface area (Å²) in [6.45, 7) is 4.16. The Balaban J connectivity index is 2.59. The van der Waals surface area contributed by atoms with E-state index in [9.17, 15) is 0 Å². The predicted octanol–water partition coefficient (Wildman–Crippen LogP) is 2.46. The number of nitrogens with two attached hydrogens (primary N) is 1. The standard InChI is InChI=1S/C14H23N3S/c1-11-9-12(14(15)16)5-6-13(11)10-17(2)7-4-8-18-3/h5-6,9H,4,7-8,10H2,1-3H3,(H3,15,16). The van der Waals surface area contributed by atoms with Crippen LogP contribution in [0.2, 0.25) is 0 Å². The fourth-order valence-electron chi connectivity index (χ4n) is 1.89. The molecule has 0 unspecified atom stereocenters. The molecule has 0 heterocycles. The number of nitrogen functional groups attached to an aromatic ring is 1. The van der Waals surface area contributed by atoms with Gasteiger partial charge in [0, 0.05) is 12.1 Å². The molecule has 0 amide bonds. The smallest absolute Gasteiger partial charge is 0.122 e. The molecule has 4 heteroatoms. The number of nitrogens with zero attached hydrogens (tertiary/aromatic N) is 1. The lowest BCUT2D eigenvalue weighted by molar-refractivity contribution is 0.328. The van der Waals surface area contributed by atoms with Gasteiger partial charge in [0.1, 0.15) is 5.84 Å². The van der Waals surface area contributed by atoms with Gasteiger partial charge in [0.15, 0.2) is 0 Å². The molecule has 0 saturated carbocycles. The van der Waals surface area contributed by atoms with Crippen LogP contribution in [-0.4, -0.2) is 36.3 Å². The normalized spacial score (nSPS) is 10.9. The van der Waals surface area contributed by atoms with Crippen LogP contribution >= 0.6 is 11.8 Å². The molecular weight excluding hydrogens is 242 g/mol. The van der Waals surface area contributed by atoms with Gasteiger partial charge in [0.2, 0.25) is 0 Å². The van der Waals surface area contributed by atoms with Crippen LogP contribution in [0.5, 0.6) is 0 Å². The van der Waals surface area contributed by atoms with E-state index in [4.69, 9.17) is 11.1 Å². The number of nitrogens with one attached hydrogen (secondary N) is 1. The molecule has 0 aliphatic carbocycles. The summed E-state index contributed by atoms with van der Waals surface area (Å²) in [6.07, 6.45) is 3.37. The largest absolute Gasteiger partial charge is 0.384 e. The molecule has 0 saturated heterocycles. The highest BCUT2D eigenvalue weighted by Gasteiger charge is 2.05. The molecule has 1 aromatic rings. The molecule has 1 rings (SSSR count). The van der Waals surface area contributed by atoms with E-state index < -0.39 is 0 Å². The Hall–Kier alpha value is -1.00. The van der Waals surface area contributed by atoms with Crippen LogP contribution in [0.3, 0.4) is 0 Å². The van der Waals surface area contributed by atoms with Crippen molar-refractivity contribution < 1.29 is 0 Å². The van der Waals surface area contributed by atoms with Crippen LogP contribution in [0.4, 0.5) is 0 Å². The predicted molar refractivity (Wildman–Crippen MR) is 81.5 cm³/mol. The van der Waals surface area contributed by atoms with E-state index in [0.29, 0.717) is 0 Å². The fourth-order valence-corrected chi connectivity index (χ4v) is 2.31. The maximum absolute atomic E-state index is 7.42. The summed E-state index contributed by atoms with van der Waals surface area (Å²) in [5.41, 5.74) is 8.81. The first-order chi connectivity index (χ1) is 8.54. The molecule has 3 N–H and O–H groups in total. The second kappa shape index (κ2) is 7.44. The number of thioether (sulfide) groups is 1. The van der Waals surface area contributed by atoms with Gasteiger partial charge in [0.05, 0.1) is 0 Å². The van der Waals surface area contributed by atoms with Gasteiger partial charge >= 0.3 is 0 Å². The molecule has 0 radical (unpaired) electrons. The lowest BCUT2D eigenvalue weighted by Crippen LogP contribution is -2.20. The molecule has 1 aromatic carbocycles. The van der Waals surface area contributed by atoms with E-state index in [2.05, 4.69) is 31.2 Å². The lowest BCUT2D eigenvalue weighted by Gasteiger charge is -2.18. The van der Waals surface area contributed by atoms with Crippen LogP contribution in [0.15, 0.2) is 18.2 Å². The van der Waals surface area contributed by atoms with Gasteiger partial charge in [-0.25, -0.2) is 0 Å². The number of hydrogen-bond acceptors (Lipinski definition) is 3. The third-order valence-electron chi connectivity index (χ3n) is 2.98. The number of benzene rings is 1. The maximum atomic E-state index is 7.42. The van der Waals surface area contributed by atoms with Crippen molar-refractivity contribution in [2.45, 2.75) is 19.9 Å². The molecule has 100 valence electrons. The van der Waals surface area contributed by atoms with Crippen LogP contribution in [0.25, 0.3) is 0 Å². The van der Waals surface area contributed by atoms with Crippen LogP contribution in [-0.2, 0) is 6.54 Å². The third kappa shape index (κ3) is 4.70. The van der Waals surface area contributed by atoms with Crippen LogP contribution in [0.1, 0.15) is 23.1 Å². The first-order valence-electron chi connectivity index (χ1n) is 6.16. The molecule has 18 heavy (non-hydrogen) atoms. The topological polar surface area (TPSA) is 53.1 Å². The molecule has 0 bridgehead atoms. The minimum absolute atomic E-state index is 0.137. The van der Waals surface area contributed by atoms with Gasteiger partial charge in [-0.2, -0.15) is 11.8 Å². The molecule has 0 fully saturated rings.